The van der Waals surface area contributed by atoms with Crippen molar-refractivity contribution in [3.63, 3.8) is 0 Å². The Morgan fingerprint density at radius 2 is 1.78 bits per heavy atom. The van der Waals surface area contributed by atoms with Gasteiger partial charge in [0.25, 0.3) is 5.91 Å². The molecule has 0 aliphatic heterocycles. The maximum absolute atomic E-state index is 13.2. The summed E-state index contributed by atoms with van der Waals surface area (Å²) in [6, 6.07) is 2.87. The molecule has 0 radical (unpaired) electrons. The van der Waals surface area contributed by atoms with E-state index in [0.717, 1.165) is 23.4 Å². The number of nitrogens with zero attached hydrogens (tertiary/aromatic N) is 1. The zero-order chi connectivity index (χ0) is 13.9. The molecule has 0 aliphatic rings. The topological polar surface area (TPSA) is 29.1 Å². The maximum atomic E-state index is 13.2. The summed E-state index contributed by atoms with van der Waals surface area (Å²) >= 11 is 0. The largest absolute Gasteiger partial charge is 0.321 e. The fraction of sp³-hybridized carbons (Fsp3) is 0.500. The van der Waals surface area contributed by atoms with Crippen LogP contribution in [0, 0.1) is 19.7 Å². The molecule has 0 fully saturated rings. The molecule has 1 amide bonds. The van der Waals surface area contributed by atoms with Crippen molar-refractivity contribution < 1.29 is 13.7 Å². The molecule has 0 heterocycles. The van der Waals surface area contributed by atoms with Crippen molar-refractivity contribution >= 4 is 11.6 Å². The third kappa shape index (κ3) is 3.81. The normalized spacial score (nSPS) is 11.4. The van der Waals surface area contributed by atoms with Gasteiger partial charge in [-0.05, 0) is 44.0 Å². The van der Waals surface area contributed by atoms with Crippen LogP contribution in [0.25, 0.3) is 0 Å². The Kier molecular flexibility index (Phi) is 4.46. The lowest BCUT2D eigenvalue weighted by Crippen LogP contribution is -2.45. The minimum atomic E-state index is -0.271. The van der Waals surface area contributed by atoms with E-state index in [1.165, 1.54) is 12.1 Å². The van der Waals surface area contributed by atoms with Crippen molar-refractivity contribution in [2.45, 2.75) is 20.8 Å². The van der Waals surface area contributed by atoms with Gasteiger partial charge in [-0.1, -0.05) is 0 Å². The maximum Gasteiger partial charge on any atom is 0.279 e. The summed E-state index contributed by atoms with van der Waals surface area (Å²) in [6.45, 7) is 6.93. The van der Waals surface area contributed by atoms with E-state index in [1.807, 2.05) is 21.0 Å². The molecule has 4 heteroatoms. The summed E-state index contributed by atoms with van der Waals surface area (Å²) < 4.78 is 13.8. The molecule has 0 spiro atoms. The molecular formula is C14H22FN2O+. The first-order chi connectivity index (χ1) is 8.25. The first-order valence-electron chi connectivity index (χ1n) is 6.14. The number of quaternary nitrogens is 1. The number of aryl methyl sites for hydroxylation is 2. The highest BCUT2D eigenvalue weighted by atomic mass is 19.1. The molecule has 0 bridgehead atoms. The monoisotopic (exact) mass is 253 g/mol. The molecule has 0 saturated carbocycles. The van der Waals surface area contributed by atoms with Crippen LogP contribution in [0.15, 0.2) is 12.1 Å². The minimum absolute atomic E-state index is 0.0420. The molecule has 100 valence electrons. The zero-order valence-corrected chi connectivity index (χ0v) is 11.8. The number of likely N-dealkylation sites (N-methyl/N-ethyl adjacent to an activating group) is 1. The first kappa shape index (κ1) is 14.6. The highest BCUT2D eigenvalue weighted by Gasteiger charge is 2.18. The molecule has 1 rings (SSSR count). The molecule has 1 N–H and O–H groups in total. The summed E-state index contributed by atoms with van der Waals surface area (Å²) in [5, 5.41) is 2.87. The van der Waals surface area contributed by atoms with Gasteiger partial charge in [-0.3, -0.25) is 4.79 Å². The lowest BCUT2D eigenvalue weighted by atomic mass is 10.1. The van der Waals surface area contributed by atoms with E-state index in [2.05, 4.69) is 5.32 Å². The van der Waals surface area contributed by atoms with Crippen molar-refractivity contribution in [3.05, 3.63) is 29.1 Å². The molecule has 0 unspecified atom stereocenters. The number of hydrogen-bond donors (Lipinski definition) is 1. The van der Waals surface area contributed by atoms with Crippen LogP contribution in [0.1, 0.15) is 18.1 Å². The van der Waals surface area contributed by atoms with Crippen LogP contribution >= 0.6 is 0 Å². The van der Waals surface area contributed by atoms with Crippen molar-refractivity contribution in [2.24, 2.45) is 0 Å². The predicted molar refractivity (Wildman–Crippen MR) is 72.0 cm³/mol. The number of amides is 1. The van der Waals surface area contributed by atoms with E-state index < -0.39 is 0 Å². The van der Waals surface area contributed by atoms with E-state index in [0.29, 0.717) is 11.0 Å². The smallest absolute Gasteiger partial charge is 0.279 e. The van der Waals surface area contributed by atoms with Crippen LogP contribution in [-0.4, -0.2) is 37.6 Å². The number of halogens is 1. The van der Waals surface area contributed by atoms with Gasteiger partial charge < -0.3 is 9.80 Å². The quantitative estimate of drug-likeness (QED) is 0.821. The van der Waals surface area contributed by atoms with E-state index in [1.54, 1.807) is 13.8 Å². The second-order valence-electron chi connectivity index (χ2n) is 5.37. The second kappa shape index (κ2) is 5.48. The van der Waals surface area contributed by atoms with Crippen molar-refractivity contribution in [1.29, 1.82) is 0 Å². The first-order valence-corrected chi connectivity index (χ1v) is 6.14. The molecule has 0 aromatic heterocycles. The fourth-order valence-electron chi connectivity index (χ4n) is 1.79. The van der Waals surface area contributed by atoms with Gasteiger partial charge in [0.1, 0.15) is 5.82 Å². The number of nitrogens with one attached hydrogen (secondary N) is 1. The predicted octanol–water partition coefficient (Wildman–Crippen LogP) is 2.48. The van der Waals surface area contributed by atoms with Crippen LogP contribution in [0.5, 0.6) is 0 Å². The standard InChI is InChI=1S/C14H21FN2O/c1-6-17(4,5)9-13(18)16-14-10(2)7-12(15)8-11(14)3/h7-8H,6,9H2,1-5H3/p+1. The van der Waals surface area contributed by atoms with Crippen LogP contribution in [-0.2, 0) is 4.79 Å². The van der Waals surface area contributed by atoms with E-state index in [-0.39, 0.29) is 11.7 Å². The van der Waals surface area contributed by atoms with Crippen LogP contribution in [0.2, 0.25) is 0 Å². The van der Waals surface area contributed by atoms with Gasteiger partial charge in [0.15, 0.2) is 6.54 Å². The molecule has 18 heavy (non-hydrogen) atoms. The van der Waals surface area contributed by atoms with Gasteiger partial charge in [0.2, 0.25) is 0 Å². The average molecular weight is 253 g/mol. The van der Waals surface area contributed by atoms with Gasteiger partial charge >= 0.3 is 0 Å². The highest BCUT2D eigenvalue weighted by Crippen LogP contribution is 2.21. The van der Waals surface area contributed by atoms with E-state index in [9.17, 15) is 9.18 Å². The van der Waals surface area contributed by atoms with Gasteiger partial charge in [-0.25, -0.2) is 4.39 Å². The number of carbonyl (C=O) groups excluding carboxylic acids is 1. The Bertz CT molecular complexity index is 432. The lowest BCUT2D eigenvalue weighted by Gasteiger charge is -2.27. The van der Waals surface area contributed by atoms with Gasteiger partial charge in [-0.15, -0.1) is 0 Å². The van der Waals surface area contributed by atoms with E-state index >= 15 is 0 Å². The summed E-state index contributed by atoms with van der Waals surface area (Å²) in [4.78, 5) is 12.0. The summed E-state index contributed by atoms with van der Waals surface area (Å²) in [5.41, 5.74) is 2.22. The Balaban J connectivity index is 2.83. The van der Waals surface area contributed by atoms with Crippen LogP contribution in [0.3, 0.4) is 0 Å². The molecule has 0 saturated heterocycles. The number of rotatable bonds is 4. The van der Waals surface area contributed by atoms with Crippen molar-refractivity contribution in [2.75, 3.05) is 32.5 Å². The Labute approximate surface area is 108 Å². The zero-order valence-electron chi connectivity index (χ0n) is 11.8. The van der Waals surface area contributed by atoms with Crippen LogP contribution in [0.4, 0.5) is 10.1 Å². The molecule has 0 atom stereocenters. The van der Waals surface area contributed by atoms with Crippen molar-refractivity contribution in [1.82, 2.24) is 0 Å². The molecule has 1 aromatic carbocycles. The number of carbonyl (C=O) groups is 1. The third-order valence-electron chi connectivity index (χ3n) is 3.19. The molecule has 0 aliphatic carbocycles. The molecule has 1 aromatic rings. The summed E-state index contributed by atoms with van der Waals surface area (Å²) in [6.07, 6.45) is 0. The van der Waals surface area contributed by atoms with Gasteiger partial charge in [0.05, 0.1) is 20.6 Å². The Morgan fingerprint density at radius 1 is 1.28 bits per heavy atom. The number of hydrogen-bond acceptors (Lipinski definition) is 1. The average Bonchev–Trinajstić information content (AvgIpc) is 2.22. The fourth-order valence-corrected chi connectivity index (χ4v) is 1.79. The SMILES string of the molecule is CC[N+](C)(C)CC(=O)Nc1c(C)cc(F)cc1C. The van der Waals surface area contributed by atoms with Crippen molar-refractivity contribution in [3.8, 4) is 0 Å². The highest BCUT2D eigenvalue weighted by molar-refractivity contribution is 5.93. The Hall–Kier alpha value is -1.42. The molecular weight excluding hydrogens is 231 g/mol. The number of benzene rings is 1. The third-order valence-corrected chi connectivity index (χ3v) is 3.19. The summed E-state index contributed by atoms with van der Waals surface area (Å²) in [7, 11) is 4.01. The second-order valence-corrected chi connectivity index (χ2v) is 5.37. The lowest BCUT2D eigenvalue weighted by molar-refractivity contribution is -0.880. The molecule has 3 nitrogen and oxygen atoms in total. The summed E-state index contributed by atoms with van der Waals surface area (Å²) in [5.74, 6) is -0.313. The van der Waals surface area contributed by atoms with E-state index in [4.69, 9.17) is 0 Å². The Morgan fingerprint density at radius 3 is 2.22 bits per heavy atom. The van der Waals surface area contributed by atoms with Gasteiger partial charge in [-0.2, -0.15) is 0 Å². The minimum Gasteiger partial charge on any atom is -0.321 e. The number of anilines is 1. The van der Waals surface area contributed by atoms with Gasteiger partial charge in [0, 0.05) is 5.69 Å². The van der Waals surface area contributed by atoms with Crippen LogP contribution < -0.4 is 5.32 Å².